The number of halogens is 1. The van der Waals surface area contributed by atoms with Crippen LogP contribution in [0.3, 0.4) is 0 Å². The number of amides is 1. The Morgan fingerprint density at radius 2 is 1.93 bits per heavy atom. The van der Waals surface area contributed by atoms with E-state index in [0.717, 1.165) is 11.3 Å². The van der Waals surface area contributed by atoms with Gasteiger partial charge in [-0.15, -0.1) is 10.2 Å². The molecule has 2 unspecified atom stereocenters. The van der Waals surface area contributed by atoms with E-state index in [4.69, 9.17) is 4.74 Å². The van der Waals surface area contributed by atoms with Gasteiger partial charge in [-0.2, -0.15) is 0 Å². The van der Waals surface area contributed by atoms with Gasteiger partial charge in [-0.1, -0.05) is 23.9 Å². The second kappa shape index (κ2) is 8.12. The van der Waals surface area contributed by atoms with Crippen LogP contribution in [0.4, 0.5) is 10.1 Å². The largest absolute Gasteiger partial charge is 0.494 e. The summed E-state index contributed by atoms with van der Waals surface area (Å²) in [5.41, 5.74) is 4.81. The Labute approximate surface area is 171 Å². The minimum absolute atomic E-state index is 0.208. The van der Waals surface area contributed by atoms with Crippen LogP contribution in [-0.2, 0) is 4.79 Å². The highest BCUT2D eigenvalue weighted by Crippen LogP contribution is 2.37. The van der Waals surface area contributed by atoms with Gasteiger partial charge in [-0.05, 0) is 55.8 Å². The van der Waals surface area contributed by atoms with E-state index in [0.29, 0.717) is 23.3 Å². The van der Waals surface area contributed by atoms with Gasteiger partial charge in [0.25, 0.3) is 0 Å². The number of nitrogens with zero attached hydrogens (tertiary/aromatic N) is 3. The Kier molecular flexibility index (Phi) is 5.39. The summed E-state index contributed by atoms with van der Waals surface area (Å²) < 4.78 is 20.5. The minimum atomic E-state index is -0.505. The van der Waals surface area contributed by atoms with E-state index in [9.17, 15) is 9.18 Å². The first-order valence-electron chi connectivity index (χ1n) is 9.19. The molecule has 0 radical (unpaired) electrons. The smallest absolute Gasteiger partial charge is 0.240 e. The van der Waals surface area contributed by atoms with Crippen LogP contribution in [0.2, 0.25) is 0 Å². The van der Waals surface area contributed by atoms with E-state index < -0.39 is 5.25 Å². The predicted octanol–water partition coefficient (Wildman–Crippen LogP) is 3.52. The number of rotatable bonds is 5. The molecule has 0 fully saturated rings. The van der Waals surface area contributed by atoms with Crippen LogP contribution < -0.4 is 15.5 Å². The third-order valence-corrected chi connectivity index (χ3v) is 5.73. The molecule has 2 atom stereocenters. The number of aromatic nitrogens is 3. The van der Waals surface area contributed by atoms with Crippen molar-refractivity contribution in [1.29, 1.82) is 0 Å². The van der Waals surface area contributed by atoms with Gasteiger partial charge in [0.1, 0.15) is 22.6 Å². The molecule has 0 bridgehead atoms. The normalized spacial score (nSPS) is 17.9. The number of carbonyl (C=O) groups excluding carboxylic acids is 1. The third-order valence-electron chi connectivity index (χ3n) is 4.52. The summed E-state index contributed by atoms with van der Waals surface area (Å²) in [6.07, 6.45) is 0. The number of carbonyl (C=O) groups is 1. The van der Waals surface area contributed by atoms with Crippen LogP contribution in [0, 0.1) is 12.7 Å². The van der Waals surface area contributed by atoms with Crippen molar-refractivity contribution in [2.75, 3.05) is 17.3 Å². The molecule has 2 heterocycles. The van der Waals surface area contributed by atoms with Crippen LogP contribution in [0.1, 0.15) is 24.4 Å². The third kappa shape index (κ3) is 4.04. The molecular formula is C20H20FN5O2S. The molecule has 9 heteroatoms. The Morgan fingerprint density at radius 1 is 1.21 bits per heavy atom. The number of ether oxygens (including phenoxy) is 1. The fourth-order valence-electron chi connectivity index (χ4n) is 3.10. The molecule has 2 aromatic carbocycles. The van der Waals surface area contributed by atoms with E-state index in [1.54, 1.807) is 4.68 Å². The maximum absolute atomic E-state index is 13.2. The van der Waals surface area contributed by atoms with Gasteiger partial charge in [-0.3, -0.25) is 4.79 Å². The fraction of sp³-hybridized carbons (Fsp3) is 0.250. The lowest BCUT2D eigenvalue weighted by molar-refractivity contribution is -0.116. The van der Waals surface area contributed by atoms with E-state index in [2.05, 4.69) is 20.9 Å². The van der Waals surface area contributed by atoms with Crippen molar-refractivity contribution in [3.63, 3.8) is 0 Å². The molecule has 0 aliphatic carbocycles. The Morgan fingerprint density at radius 3 is 2.62 bits per heavy atom. The molecule has 29 heavy (non-hydrogen) atoms. The number of benzene rings is 2. The van der Waals surface area contributed by atoms with Gasteiger partial charge >= 0.3 is 0 Å². The zero-order valence-corrected chi connectivity index (χ0v) is 16.7. The first-order chi connectivity index (χ1) is 14.0. The van der Waals surface area contributed by atoms with Gasteiger partial charge in [0.2, 0.25) is 11.1 Å². The fourth-order valence-corrected chi connectivity index (χ4v) is 4.22. The summed E-state index contributed by atoms with van der Waals surface area (Å²) in [6, 6.07) is 13.0. The molecule has 150 valence electrons. The highest BCUT2D eigenvalue weighted by atomic mass is 32.2. The van der Waals surface area contributed by atoms with Crippen molar-refractivity contribution >= 4 is 23.4 Å². The second-order valence-electron chi connectivity index (χ2n) is 6.51. The predicted molar refractivity (Wildman–Crippen MR) is 109 cm³/mol. The molecule has 0 saturated carbocycles. The second-order valence-corrected chi connectivity index (χ2v) is 7.62. The van der Waals surface area contributed by atoms with E-state index in [-0.39, 0.29) is 17.8 Å². The maximum Gasteiger partial charge on any atom is 0.240 e. The van der Waals surface area contributed by atoms with Crippen molar-refractivity contribution in [1.82, 2.24) is 14.9 Å². The average molecular weight is 413 g/mol. The average Bonchev–Trinajstić information content (AvgIpc) is 3.10. The number of hydrogen-bond acceptors (Lipinski definition) is 6. The molecule has 1 aliphatic heterocycles. The topological polar surface area (TPSA) is 81.1 Å². The lowest BCUT2D eigenvalue weighted by Crippen LogP contribution is -2.41. The molecule has 3 aromatic rings. The van der Waals surface area contributed by atoms with Gasteiger partial charge in [0.05, 0.1) is 12.6 Å². The molecule has 7 nitrogen and oxygen atoms in total. The van der Waals surface area contributed by atoms with Crippen LogP contribution in [-0.4, -0.2) is 32.6 Å². The van der Waals surface area contributed by atoms with E-state index in [1.165, 1.54) is 36.0 Å². The molecule has 2 N–H and O–H groups in total. The molecule has 0 spiro atoms. The number of fused-ring (bicyclic) bond motifs is 1. The SMILES string of the molecule is CCOc1ccc(C2Nn3c(C)nnc3SC2C(=O)Nc2ccc(F)cc2)cc1. The number of anilines is 1. The van der Waals surface area contributed by atoms with Gasteiger partial charge in [0, 0.05) is 5.69 Å². The minimum Gasteiger partial charge on any atom is -0.494 e. The van der Waals surface area contributed by atoms with Gasteiger partial charge < -0.3 is 15.5 Å². The molecule has 1 aliphatic rings. The maximum atomic E-state index is 13.2. The van der Waals surface area contributed by atoms with Gasteiger partial charge in [-0.25, -0.2) is 9.07 Å². The number of aryl methyl sites for hydroxylation is 1. The summed E-state index contributed by atoms with van der Waals surface area (Å²) in [4.78, 5) is 13.1. The summed E-state index contributed by atoms with van der Waals surface area (Å²) in [7, 11) is 0. The van der Waals surface area contributed by atoms with Crippen molar-refractivity contribution in [2.45, 2.75) is 30.3 Å². The number of nitrogens with one attached hydrogen (secondary N) is 2. The lowest BCUT2D eigenvalue weighted by Gasteiger charge is -2.32. The summed E-state index contributed by atoms with van der Waals surface area (Å²) in [5.74, 6) is 0.918. The molecule has 0 saturated heterocycles. The van der Waals surface area contributed by atoms with Crippen LogP contribution in [0.25, 0.3) is 0 Å². The Hall–Kier alpha value is -3.07. The van der Waals surface area contributed by atoms with E-state index >= 15 is 0 Å². The zero-order valence-electron chi connectivity index (χ0n) is 15.9. The van der Waals surface area contributed by atoms with Crippen molar-refractivity contribution in [3.05, 3.63) is 65.7 Å². The van der Waals surface area contributed by atoms with Crippen molar-refractivity contribution < 1.29 is 13.9 Å². The monoisotopic (exact) mass is 413 g/mol. The van der Waals surface area contributed by atoms with E-state index in [1.807, 2.05) is 38.1 Å². The summed E-state index contributed by atoms with van der Waals surface area (Å²) >= 11 is 1.34. The molecule has 4 rings (SSSR count). The van der Waals surface area contributed by atoms with Crippen molar-refractivity contribution in [2.24, 2.45) is 0 Å². The highest BCUT2D eigenvalue weighted by Gasteiger charge is 2.37. The zero-order chi connectivity index (χ0) is 20.4. The summed E-state index contributed by atoms with van der Waals surface area (Å²) in [6.45, 7) is 4.36. The quantitative estimate of drug-likeness (QED) is 0.666. The Bertz CT molecular complexity index is 1010. The highest BCUT2D eigenvalue weighted by molar-refractivity contribution is 8.00. The van der Waals surface area contributed by atoms with Crippen LogP contribution >= 0.6 is 11.8 Å². The molecule has 1 aromatic heterocycles. The standard InChI is InChI=1S/C20H20FN5O2S/c1-3-28-16-10-4-13(5-11-16)17-18(29-20-24-23-12(2)26(20)25-17)19(27)22-15-8-6-14(21)7-9-15/h4-11,17-18,25H,3H2,1-2H3,(H,22,27). The number of thioether (sulfide) groups is 1. The molecule has 1 amide bonds. The Balaban J connectivity index is 1.62. The first-order valence-corrected chi connectivity index (χ1v) is 10.1. The van der Waals surface area contributed by atoms with Crippen LogP contribution in [0.5, 0.6) is 5.75 Å². The first kappa shape index (κ1) is 19.3. The van der Waals surface area contributed by atoms with Crippen molar-refractivity contribution in [3.8, 4) is 5.75 Å². The van der Waals surface area contributed by atoms with Crippen LogP contribution in [0.15, 0.2) is 53.7 Å². The summed E-state index contributed by atoms with van der Waals surface area (Å²) in [5, 5.41) is 11.2. The van der Waals surface area contributed by atoms with Gasteiger partial charge in [0.15, 0.2) is 0 Å². The molecular weight excluding hydrogens is 393 g/mol. The number of hydrogen-bond donors (Lipinski definition) is 2. The lowest BCUT2D eigenvalue weighted by atomic mass is 10.0.